The lowest BCUT2D eigenvalue weighted by atomic mass is 10.9. The smallest absolute Gasteiger partial charge is 0.136 e. The van der Waals surface area contributed by atoms with Crippen LogP contribution in [0.4, 0.5) is 0 Å². The van der Waals surface area contributed by atoms with E-state index in [1.165, 1.54) is 11.4 Å². The molecule has 0 aromatic carbocycles. The van der Waals surface area contributed by atoms with E-state index in [0.717, 1.165) is 0 Å². The summed E-state index contributed by atoms with van der Waals surface area (Å²) in [5, 5.41) is 7.02. The Bertz CT molecular complexity index is 121. The second-order valence-corrected chi connectivity index (χ2v) is 1.03. The number of rotatable bonds is 1. The van der Waals surface area contributed by atoms with Crippen molar-refractivity contribution in [3.05, 3.63) is 19.1 Å². The molecule has 0 atom stereocenters. The van der Waals surface area contributed by atoms with Gasteiger partial charge in [-0.2, -0.15) is 0 Å². The Labute approximate surface area is 40.9 Å². The molecule has 1 aromatic heterocycles. The van der Waals surface area contributed by atoms with Gasteiger partial charge in [0.15, 0.2) is 0 Å². The zero-order valence-corrected chi connectivity index (χ0v) is 3.65. The van der Waals surface area contributed by atoms with Crippen molar-refractivity contribution < 1.29 is 0 Å². The highest BCUT2D eigenvalue weighted by atomic mass is 15.4. The maximum Gasteiger partial charge on any atom is 0.136 e. The number of aromatic nitrogens is 3. The number of hydrogen-bond acceptors (Lipinski definition) is 3. The van der Waals surface area contributed by atoms with Crippen molar-refractivity contribution in [2.75, 3.05) is 0 Å². The van der Waals surface area contributed by atoms with E-state index in [1.807, 2.05) is 0 Å². The normalized spacial score (nSPS) is 9.29. The minimum Gasteiger partial charge on any atom is -0.307 e. The van der Waals surface area contributed by atoms with Gasteiger partial charge in [0.1, 0.15) is 6.67 Å². The Balaban J connectivity index is 2.76. The molecule has 0 unspecified atom stereocenters. The predicted octanol–water partition coefficient (Wildman–Crippen LogP) is -0.796. The van der Waals surface area contributed by atoms with Gasteiger partial charge in [-0.25, -0.2) is 4.68 Å². The largest absolute Gasteiger partial charge is 0.307 e. The van der Waals surface area contributed by atoms with Crippen LogP contribution in [0.25, 0.3) is 0 Å². The Morgan fingerprint density at radius 1 is 1.71 bits per heavy atom. The highest BCUT2D eigenvalue weighted by Crippen LogP contribution is 1.73. The van der Waals surface area contributed by atoms with Crippen LogP contribution in [0.1, 0.15) is 0 Å². The monoisotopic (exact) mass is 97.1 g/mol. The molecule has 0 spiro atoms. The summed E-state index contributed by atoms with van der Waals surface area (Å²) < 4.78 is 1.42. The molecule has 0 aliphatic rings. The third-order valence-electron chi connectivity index (χ3n) is 0.594. The van der Waals surface area contributed by atoms with Crippen LogP contribution in [-0.2, 0) is 0 Å². The van der Waals surface area contributed by atoms with Gasteiger partial charge in [0.25, 0.3) is 0 Å². The minimum absolute atomic E-state index is 1.33. The van der Waals surface area contributed by atoms with Crippen molar-refractivity contribution in [3.63, 3.8) is 0 Å². The van der Waals surface area contributed by atoms with Gasteiger partial charge < -0.3 is 5.73 Å². The van der Waals surface area contributed by atoms with E-state index in [2.05, 4.69) is 10.3 Å². The number of hydrogen-bond donors (Lipinski definition) is 1. The van der Waals surface area contributed by atoms with Crippen molar-refractivity contribution in [1.29, 1.82) is 0 Å². The van der Waals surface area contributed by atoms with Crippen LogP contribution in [0.3, 0.4) is 0 Å². The topological polar surface area (TPSA) is 56.7 Å². The third-order valence-corrected chi connectivity index (χ3v) is 0.594. The lowest BCUT2D eigenvalue weighted by Crippen LogP contribution is -2.03. The maximum atomic E-state index is 5.03. The zero-order chi connectivity index (χ0) is 5.11. The van der Waals surface area contributed by atoms with Crippen LogP contribution >= 0.6 is 0 Å². The van der Waals surface area contributed by atoms with Crippen molar-refractivity contribution >= 4 is 0 Å². The summed E-state index contributed by atoms with van der Waals surface area (Å²) in [7, 11) is 0. The molecule has 1 heterocycles. The first-order valence-electron chi connectivity index (χ1n) is 1.84. The number of nitrogens with zero attached hydrogens (tertiary/aromatic N) is 3. The van der Waals surface area contributed by atoms with Crippen molar-refractivity contribution in [1.82, 2.24) is 15.0 Å². The van der Waals surface area contributed by atoms with E-state index in [-0.39, 0.29) is 0 Å². The number of nitrogens with two attached hydrogens (primary N) is 1. The van der Waals surface area contributed by atoms with E-state index in [9.17, 15) is 0 Å². The van der Waals surface area contributed by atoms with Gasteiger partial charge in [0.05, 0.1) is 6.20 Å². The second-order valence-electron chi connectivity index (χ2n) is 1.03. The van der Waals surface area contributed by atoms with Gasteiger partial charge in [-0.05, 0) is 0 Å². The molecule has 1 rings (SSSR count). The standard InChI is InChI=1S/C3H5N4/c4-3-7-2-1-5-6-7/h1-3H,4H2. The summed E-state index contributed by atoms with van der Waals surface area (Å²) >= 11 is 0. The summed E-state index contributed by atoms with van der Waals surface area (Å²) in [5.41, 5.74) is 5.03. The van der Waals surface area contributed by atoms with E-state index < -0.39 is 0 Å². The fourth-order valence-corrected chi connectivity index (χ4v) is 0.297. The van der Waals surface area contributed by atoms with E-state index in [4.69, 9.17) is 5.73 Å². The van der Waals surface area contributed by atoms with Crippen molar-refractivity contribution in [2.24, 2.45) is 5.73 Å². The Morgan fingerprint density at radius 2 is 2.57 bits per heavy atom. The van der Waals surface area contributed by atoms with Crippen LogP contribution in [0.15, 0.2) is 12.4 Å². The first kappa shape index (κ1) is 4.26. The summed E-state index contributed by atoms with van der Waals surface area (Å²) in [6.07, 6.45) is 3.21. The molecular weight excluding hydrogens is 92.1 g/mol. The predicted molar refractivity (Wildman–Crippen MR) is 23.9 cm³/mol. The Hall–Kier alpha value is -0.900. The van der Waals surface area contributed by atoms with Crippen molar-refractivity contribution in [2.45, 2.75) is 0 Å². The van der Waals surface area contributed by atoms with Gasteiger partial charge in [0.2, 0.25) is 0 Å². The summed E-state index contributed by atoms with van der Waals surface area (Å²) in [4.78, 5) is 0. The van der Waals surface area contributed by atoms with Crippen LogP contribution in [-0.4, -0.2) is 15.0 Å². The average molecular weight is 97.1 g/mol. The molecule has 0 aliphatic carbocycles. The molecule has 0 bridgehead atoms. The summed E-state index contributed by atoms with van der Waals surface area (Å²) in [6, 6.07) is 0. The lowest BCUT2D eigenvalue weighted by Gasteiger charge is -1.84. The SMILES string of the molecule is N[CH]n1ccnn1. The third kappa shape index (κ3) is 0.747. The van der Waals surface area contributed by atoms with E-state index in [0.29, 0.717) is 0 Å². The van der Waals surface area contributed by atoms with Crippen LogP contribution in [0, 0.1) is 6.67 Å². The van der Waals surface area contributed by atoms with Gasteiger partial charge in [0, 0.05) is 6.20 Å². The van der Waals surface area contributed by atoms with Crippen LogP contribution in [0.5, 0.6) is 0 Å². The van der Waals surface area contributed by atoms with Crippen molar-refractivity contribution in [3.8, 4) is 0 Å². The average Bonchev–Trinajstić information content (AvgIpc) is 2.14. The molecular formula is C3H5N4. The first-order valence-corrected chi connectivity index (χ1v) is 1.84. The Kier molecular flexibility index (Phi) is 1.04. The second kappa shape index (κ2) is 1.70. The zero-order valence-electron chi connectivity index (χ0n) is 3.65. The minimum atomic E-state index is 1.33. The van der Waals surface area contributed by atoms with Gasteiger partial charge >= 0.3 is 0 Å². The highest BCUT2D eigenvalue weighted by Gasteiger charge is 1.80. The molecule has 0 amide bonds. The van der Waals surface area contributed by atoms with Gasteiger partial charge in [-0.3, -0.25) is 0 Å². The molecule has 1 aromatic rings. The molecule has 1 radical (unpaired) electrons. The molecule has 0 aliphatic heterocycles. The fourth-order valence-electron chi connectivity index (χ4n) is 0.297. The van der Waals surface area contributed by atoms with E-state index >= 15 is 0 Å². The maximum absolute atomic E-state index is 5.03. The molecule has 0 saturated carbocycles. The molecule has 0 saturated heterocycles. The lowest BCUT2D eigenvalue weighted by molar-refractivity contribution is 0.739. The van der Waals surface area contributed by atoms with Gasteiger partial charge in [-0.15, -0.1) is 5.10 Å². The van der Waals surface area contributed by atoms with Crippen LogP contribution in [0.2, 0.25) is 0 Å². The quantitative estimate of drug-likeness (QED) is 0.499. The molecule has 7 heavy (non-hydrogen) atoms. The molecule has 0 fully saturated rings. The van der Waals surface area contributed by atoms with E-state index in [1.54, 1.807) is 12.4 Å². The fraction of sp³-hybridized carbons (Fsp3) is 0. The summed E-state index contributed by atoms with van der Waals surface area (Å²) in [5.74, 6) is 0. The molecule has 37 valence electrons. The first-order chi connectivity index (χ1) is 3.43. The molecule has 2 N–H and O–H groups in total. The highest BCUT2D eigenvalue weighted by molar-refractivity contribution is 4.68. The van der Waals surface area contributed by atoms with Crippen LogP contribution < -0.4 is 5.73 Å². The van der Waals surface area contributed by atoms with Gasteiger partial charge in [-0.1, -0.05) is 5.21 Å². The summed E-state index contributed by atoms with van der Waals surface area (Å²) in [6.45, 7) is 1.33. The Morgan fingerprint density at radius 3 is 2.86 bits per heavy atom. The molecule has 4 nitrogen and oxygen atoms in total. The molecule has 4 heteroatoms.